The van der Waals surface area contributed by atoms with Crippen LogP contribution in [0.5, 0.6) is 5.75 Å². The predicted molar refractivity (Wildman–Crippen MR) is 109 cm³/mol. The zero-order valence-corrected chi connectivity index (χ0v) is 17.0. The van der Waals surface area contributed by atoms with Gasteiger partial charge >= 0.3 is 0 Å². The van der Waals surface area contributed by atoms with E-state index in [1.54, 1.807) is 6.07 Å². The van der Waals surface area contributed by atoms with Crippen LogP contribution in [0, 0.1) is 13.8 Å². The lowest BCUT2D eigenvalue weighted by atomic mass is 10.2. The fourth-order valence-electron chi connectivity index (χ4n) is 2.21. The fraction of sp³-hybridized carbons (Fsp3) is 0.300. The third kappa shape index (κ3) is 7.93. The molecule has 0 aliphatic carbocycles. The second-order valence-electron chi connectivity index (χ2n) is 6.06. The molecule has 0 unspecified atom stereocenters. The van der Waals surface area contributed by atoms with Crippen LogP contribution < -0.4 is 15.6 Å². The lowest BCUT2D eigenvalue weighted by Crippen LogP contribution is -2.42. The Bertz CT molecular complexity index is 781. The molecule has 2 aromatic carbocycles. The first-order valence-electron chi connectivity index (χ1n) is 8.60. The van der Waals surface area contributed by atoms with E-state index in [4.69, 9.17) is 16.3 Å². The Morgan fingerprint density at radius 1 is 1.04 bits per heavy atom. The minimum atomic E-state index is -0.250. The van der Waals surface area contributed by atoms with E-state index in [0.717, 1.165) is 16.2 Å². The van der Waals surface area contributed by atoms with Gasteiger partial charge in [0, 0.05) is 16.3 Å². The van der Waals surface area contributed by atoms with E-state index in [9.17, 15) is 9.59 Å². The van der Waals surface area contributed by atoms with Crippen molar-refractivity contribution in [1.29, 1.82) is 0 Å². The van der Waals surface area contributed by atoms with Gasteiger partial charge in [-0.25, -0.2) is 0 Å². The van der Waals surface area contributed by atoms with Crippen molar-refractivity contribution in [3.63, 3.8) is 0 Å². The Balaban J connectivity index is 1.58. The van der Waals surface area contributed by atoms with Crippen LogP contribution in [0.15, 0.2) is 47.4 Å². The largest absolute Gasteiger partial charge is 0.493 e. The van der Waals surface area contributed by atoms with Crippen LogP contribution in [0.1, 0.15) is 24.0 Å². The molecule has 0 saturated heterocycles. The van der Waals surface area contributed by atoms with Crippen LogP contribution in [0.3, 0.4) is 0 Å². The number of carbonyl (C=O) groups is 2. The normalized spacial score (nSPS) is 10.3. The van der Waals surface area contributed by atoms with E-state index in [-0.39, 0.29) is 24.0 Å². The summed E-state index contributed by atoms with van der Waals surface area (Å²) < 4.78 is 5.63. The number of nitrogens with one attached hydrogen (secondary N) is 2. The van der Waals surface area contributed by atoms with Crippen LogP contribution in [-0.4, -0.2) is 24.2 Å². The van der Waals surface area contributed by atoms with Crippen LogP contribution in [0.2, 0.25) is 5.02 Å². The first-order chi connectivity index (χ1) is 12.9. The molecule has 7 heteroatoms. The highest BCUT2D eigenvalue weighted by Crippen LogP contribution is 2.22. The summed E-state index contributed by atoms with van der Waals surface area (Å²) >= 11 is 7.32. The molecule has 0 fully saturated rings. The summed E-state index contributed by atoms with van der Waals surface area (Å²) in [6.45, 7) is 4.34. The number of hydrogen-bond acceptors (Lipinski definition) is 4. The van der Waals surface area contributed by atoms with Gasteiger partial charge in [-0.3, -0.25) is 20.4 Å². The summed E-state index contributed by atoms with van der Waals surface area (Å²) in [4.78, 5) is 24.6. The number of hydrazine groups is 1. The van der Waals surface area contributed by atoms with Crippen molar-refractivity contribution >= 4 is 35.2 Å². The van der Waals surface area contributed by atoms with E-state index >= 15 is 0 Å². The van der Waals surface area contributed by atoms with Crippen molar-refractivity contribution < 1.29 is 14.3 Å². The molecule has 0 aliphatic heterocycles. The molecular formula is C20H23ClN2O3S. The molecule has 0 saturated carbocycles. The highest BCUT2D eigenvalue weighted by molar-refractivity contribution is 8.00. The van der Waals surface area contributed by atoms with Gasteiger partial charge in [0.15, 0.2) is 0 Å². The van der Waals surface area contributed by atoms with Gasteiger partial charge in [0.25, 0.3) is 0 Å². The number of aryl methyl sites for hydroxylation is 2. The Hall–Kier alpha value is -2.18. The zero-order valence-electron chi connectivity index (χ0n) is 15.4. The van der Waals surface area contributed by atoms with Gasteiger partial charge in [0.2, 0.25) is 11.8 Å². The molecule has 0 spiro atoms. The number of carbonyl (C=O) groups excluding carboxylic acids is 2. The molecule has 2 rings (SSSR count). The average molecular weight is 407 g/mol. The van der Waals surface area contributed by atoms with Crippen molar-refractivity contribution in [3.8, 4) is 5.75 Å². The van der Waals surface area contributed by atoms with Crippen molar-refractivity contribution in [3.05, 3.63) is 58.6 Å². The van der Waals surface area contributed by atoms with Gasteiger partial charge in [-0.2, -0.15) is 0 Å². The Morgan fingerprint density at radius 2 is 1.74 bits per heavy atom. The summed E-state index contributed by atoms with van der Waals surface area (Å²) in [5.41, 5.74) is 6.97. The summed E-state index contributed by atoms with van der Waals surface area (Å²) in [6, 6.07) is 13.3. The van der Waals surface area contributed by atoms with E-state index in [0.29, 0.717) is 18.1 Å². The second kappa shape index (κ2) is 10.8. The lowest BCUT2D eigenvalue weighted by Gasteiger charge is -2.10. The minimum Gasteiger partial charge on any atom is -0.493 e. The fourth-order valence-corrected chi connectivity index (χ4v) is 3.14. The maximum absolute atomic E-state index is 11.8. The highest BCUT2D eigenvalue weighted by Gasteiger charge is 2.06. The number of amides is 2. The average Bonchev–Trinajstić information content (AvgIpc) is 2.64. The van der Waals surface area contributed by atoms with Gasteiger partial charge < -0.3 is 4.74 Å². The van der Waals surface area contributed by atoms with Crippen molar-refractivity contribution in [2.24, 2.45) is 0 Å². The standard InChI is InChI=1S/C20H23ClN2O3S/c1-14-5-8-17(9-6-14)27-13-20(25)23-22-19(24)4-3-11-26-18-10-7-16(21)12-15(18)2/h5-10,12H,3-4,11,13H2,1-2H3,(H,22,24)(H,23,25). The second-order valence-corrected chi connectivity index (χ2v) is 7.55. The molecule has 144 valence electrons. The summed E-state index contributed by atoms with van der Waals surface area (Å²) in [5, 5.41) is 0.663. The van der Waals surface area contributed by atoms with Crippen LogP contribution >= 0.6 is 23.4 Å². The van der Waals surface area contributed by atoms with Crippen LogP contribution in [-0.2, 0) is 9.59 Å². The van der Waals surface area contributed by atoms with E-state index in [1.165, 1.54) is 17.3 Å². The van der Waals surface area contributed by atoms with Gasteiger partial charge in [-0.1, -0.05) is 29.3 Å². The number of ether oxygens (including phenoxy) is 1. The van der Waals surface area contributed by atoms with E-state index in [1.807, 2.05) is 50.2 Å². The summed E-state index contributed by atoms with van der Waals surface area (Å²) in [5.74, 6) is 0.491. The Morgan fingerprint density at radius 3 is 2.44 bits per heavy atom. The quantitative estimate of drug-likeness (QED) is 0.394. The van der Waals surface area contributed by atoms with Gasteiger partial charge in [-0.05, 0) is 56.2 Å². The highest BCUT2D eigenvalue weighted by atomic mass is 35.5. The first kappa shape index (κ1) is 21.1. The molecule has 5 nitrogen and oxygen atoms in total. The first-order valence-corrected chi connectivity index (χ1v) is 9.96. The molecule has 2 N–H and O–H groups in total. The van der Waals surface area contributed by atoms with Gasteiger partial charge in [0.1, 0.15) is 5.75 Å². The predicted octanol–water partition coefficient (Wildman–Crippen LogP) is 4.06. The lowest BCUT2D eigenvalue weighted by molar-refractivity contribution is -0.127. The van der Waals surface area contributed by atoms with Crippen molar-refractivity contribution in [1.82, 2.24) is 10.9 Å². The molecule has 2 aromatic rings. The summed E-state index contributed by atoms with van der Waals surface area (Å²) in [7, 11) is 0. The molecule has 0 heterocycles. The molecule has 0 aromatic heterocycles. The van der Waals surface area contributed by atoms with E-state index < -0.39 is 0 Å². The molecule has 27 heavy (non-hydrogen) atoms. The maximum atomic E-state index is 11.8. The van der Waals surface area contributed by atoms with Gasteiger partial charge in [0.05, 0.1) is 12.4 Å². The maximum Gasteiger partial charge on any atom is 0.248 e. The molecule has 0 radical (unpaired) electrons. The molecule has 0 bridgehead atoms. The SMILES string of the molecule is Cc1ccc(SCC(=O)NNC(=O)CCCOc2ccc(Cl)cc2C)cc1. The number of benzene rings is 2. The smallest absolute Gasteiger partial charge is 0.248 e. The minimum absolute atomic E-state index is 0.238. The van der Waals surface area contributed by atoms with Crippen molar-refractivity contribution in [2.45, 2.75) is 31.6 Å². The molecule has 0 aliphatic rings. The van der Waals surface area contributed by atoms with Crippen LogP contribution in [0.4, 0.5) is 0 Å². The number of rotatable bonds is 8. The zero-order chi connectivity index (χ0) is 19.6. The third-order valence-corrected chi connectivity index (χ3v) is 4.92. The monoisotopic (exact) mass is 406 g/mol. The number of halogens is 1. The van der Waals surface area contributed by atoms with Crippen molar-refractivity contribution in [2.75, 3.05) is 12.4 Å². The number of thioether (sulfide) groups is 1. The topological polar surface area (TPSA) is 67.4 Å². The summed E-state index contributed by atoms with van der Waals surface area (Å²) in [6.07, 6.45) is 0.805. The number of hydrogen-bond donors (Lipinski definition) is 2. The molecular weight excluding hydrogens is 384 g/mol. The molecule has 2 amide bonds. The third-order valence-electron chi connectivity index (χ3n) is 3.67. The van der Waals surface area contributed by atoms with Crippen LogP contribution in [0.25, 0.3) is 0 Å². The Kier molecular flexibility index (Phi) is 8.48. The van der Waals surface area contributed by atoms with Gasteiger partial charge in [-0.15, -0.1) is 11.8 Å². The Labute approximate surface area is 168 Å². The molecule has 0 atom stereocenters. The van der Waals surface area contributed by atoms with E-state index in [2.05, 4.69) is 10.9 Å².